The maximum Gasteiger partial charge on any atom is 0.176 e. The van der Waals surface area contributed by atoms with E-state index in [1.54, 1.807) is 17.5 Å². The molecule has 0 amide bonds. The minimum atomic E-state index is 0.850. The van der Waals surface area contributed by atoms with Crippen LogP contribution in [-0.4, -0.2) is 5.16 Å². The third kappa shape index (κ3) is 1.19. The van der Waals surface area contributed by atoms with Gasteiger partial charge in [0.15, 0.2) is 5.76 Å². The summed E-state index contributed by atoms with van der Waals surface area (Å²) in [4.78, 5) is 1.14. The zero-order valence-electron chi connectivity index (χ0n) is 6.07. The van der Waals surface area contributed by atoms with Gasteiger partial charge in [0.05, 0.1) is 11.1 Å². The van der Waals surface area contributed by atoms with Crippen LogP contribution in [0.5, 0.6) is 0 Å². The molecule has 56 valence electrons. The summed E-state index contributed by atoms with van der Waals surface area (Å²) in [5.74, 6) is 0.850. The Kier molecular flexibility index (Phi) is 1.51. The molecule has 0 saturated carbocycles. The third-order valence-electron chi connectivity index (χ3n) is 1.41. The van der Waals surface area contributed by atoms with E-state index in [4.69, 9.17) is 4.52 Å². The first-order chi connectivity index (χ1) is 5.36. The van der Waals surface area contributed by atoms with Crippen molar-refractivity contribution in [2.24, 2.45) is 0 Å². The van der Waals surface area contributed by atoms with Gasteiger partial charge in [0.1, 0.15) is 0 Å². The van der Waals surface area contributed by atoms with Crippen molar-refractivity contribution in [1.29, 1.82) is 0 Å². The summed E-state index contributed by atoms with van der Waals surface area (Å²) in [6.07, 6.45) is 1.66. The average molecular weight is 165 g/mol. The Bertz CT molecular complexity index is 337. The summed E-state index contributed by atoms with van der Waals surface area (Å²) in [6.45, 7) is 2.07. The summed E-state index contributed by atoms with van der Waals surface area (Å²) < 4.78 is 4.99. The average Bonchev–Trinajstić information content (AvgIpc) is 2.55. The normalized spacial score (nSPS) is 10.3. The van der Waals surface area contributed by atoms with Gasteiger partial charge in [-0.05, 0) is 23.9 Å². The summed E-state index contributed by atoms with van der Waals surface area (Å²) in [5.41, 5.74) is 1.27. The van der Waals surface area contributed by atoms with Crippen molar-refractivity contribution in [3.8, 4) is 10.6 Å². The van der Waals surface area contributed by atoms with E-state index < -0.39 is 0 Å². The van der Waals surface area contributed by atoms with E-state index >= 15 is 0 Å². The van der Waals surface area contributed by atoms with E-state index in [1.165, 1.54) is 5.56 Å². The molecule has 2 aromatic heterocycles. The lowest BCUT2D eigenvalue weighted by Gasteiger charge is -1.83. The highest BCUT2D eigenvalue weighted by Crippen LogP contribution is 2.25. The molecule has 0 aliphatic carbocycles. The zero-order chi connectivity index (χ0) is 7.68. The Morgan fingerprint density at radius 1 is 1.55 bits per heavy atom. The number of hydrogen-bond acceptors (Lipinski definition) is 3. The number of nitrogens with zero attached hydrogens (tertiary/aromatic N) is 1. The molecule has 11 heavy (non-hydrogen) atoms. The Morgan fingerprint density at radius 2 is 2.45 bits per heavy atom. The largest absolute Gasteiger partial charge is 0.355 e. The van der Waals surface area contributed by atoms with Gasteiger partial charge in [0, 0.05) is 6.07 Å². The van der Waals surface area contributed by atoms with Crippen LogP contribution in [0.4, 0.5) is 0 Å². The van der Waals surface area contributed by atoms with Gasteiger partial charge in [-0.1, -0.05) is 5.16 Å². The van der Waals surface area contributed by atoms with Gasteiger partial charge in [0.25, 0.3) is 0 Å². The van der Waals surface area contributed by atoms with Crippen LogP contribution >= 0.6 is 11.3 Å². The summed E-state index contributed by atoms with van der Waals surface area (Å²) in [6, 6.07) is 3.95. The monoisotopic (exact) mass is 165 g/mol. The topological polar surface area (TPSA) is 26.0 Å². The highest BCUT2D eigenvalue weighted by atomic mass is 32.1. The smallest absolute Gasteiger partial charge is 0.176 e. The first-order valence-corrected chi connectivity index (χ1v) is 4.20. The Balaban J connectivity index is 2.45. The highest BCUT2D eigenvalue weighted by molar-refractivity contribution is 7.13. The molecule has 2 aromatic rings. The number of rotatable bonds is 1. The van der Waals surface area contributed by atoms with E-state index in [1.807, 2.05) is 6.07 Å². The molecule has 0 radical (unpaired) electrons. The Labute approximate surface area is 68.5 Å². The minimum absolute atomic E-state index is 0.850. The number of aromatic nitrogens is 1. The lowest BCUT2D eigenvalue weighted by atomic mass is 10.3. The van der Waals surface area contributed by atoms with E-state index in [0.29, 0.717) is 0 Å². The van der Waals surface area contributed by atoms with Crippen LogP contribution in [0.3, 0.4) is 0 Å². The van der Waals surface area contributed by atoms with Crippen molar-refractivity contribution in [3.63, 3.8) is 0 Å². The standard InChI is InChI=1S/C8H7NOS/c1-6-4-8(11-5-6)7-2-3-9-10-7/h2-5H,1H3. The first-order valence-electron chi connectivity index (χ1n) is 3.32. The van der Waals surface area contributed by atoms with Gasteiger partial charge in [0.2, 0.25) is 0 Å². The number of hydrogen-bond donors (Lipinski definition) is 0. The molecule has 2 nitrogen and oxygen atoms in total. The van der Waals surface area contributed by atoms with Gasteiger partial charge >= 0.3 is 0 Å². The Hall–Kier alpha value is -1.09. The molecule has 0 unspecified atom stereocenters. The van der Waals surface area contributed by atoms with Gasteiger partial charge in [-0.3, -0.25) is 0 Å². The third-order valence-corrected chi connectivity index (χ3v) is 2.47. The molecular formula is C8H7NOS. The molecule has 2 rings (SSSR count). The molecule has 0 aliphatic rings. The Morgan fingerprint density at radius 3 is 3.00 bits per heavy atom. The molecule has 0 atom stereocenters. The maximum atomic E-state index is 4.99. The second kappa shape index (κ2) is 2.51. The maximum absolute atomic E-state index is 4.99. The van der Waals surface area contributed by atoms with Crippen LogP contribution < -0.4 is 0 Å². The SMILES string of the molecule is Cc1csc(-c2ccno2)c1. The van der Waals surface area contributed by atoms with Gasteiger partial charge < -0.3 is 4.52 Å². The van der Waals surface area contributed by atoms with E-state index in [2.05, 4.69) is 23.5 Å². The minimum Gasteiger partial charge on any atom is -0.355 e. The molecule has 3 heteroatoms. The molecule has 2 heterocycles. The molecule has 0 saturated heterocycles. The quantitative estimate of drug-likeness (QED) is 0.649. The van der Waals surface area contributed by atoms with Crippen molar-refractivity contribution in [1.82, 2.24) is 5.16 Å². The van der Waals surface area contributed by atoms with Crippen molar-refractivity contribution < 1.29 is 4.52 Å². The van der Waals surface area contributed by atoms with Gasteiger partial charge in [-0.25, -0.2) is 0 Å². The predicted molar refractivity (Wildman–Crippen MR) is 44.6 cm³/mol. The van der Waals surface area contributed by atoms with Crippen LogP contribution in [0.1, 0.15) is 5.56 Å². The second-order valence-electron chi connectivity index (χ2n) is 2.36. The van der Waals surface area contributed by atoms with Crippen LogP contribution in [0.25, 0.3) is 10.6 Å². The van der Waals surface area contributed by atoms with E-state index in [9.17, 15) is 0 Å². The van der Waals surface area contributed by atoms with Crippen LogP contribution in [0.2, 0.25) is 0 Å². The van der Waals surface area contributed by atoms with E-state index in [-0.39, 0.29) is 0 Å². The van der Waals surface area contributed by atoms with E-state index in [0.717, 1.165) is 10.6 Å². The number of thiophene rings is 1. The van der Waals surface area contributed by atoms with Crippen LogP contribution in [-0.2, 0) is 0 Å². The summed E-state index contributed by atoms with van der Waals surface area (Å²) in [5, 5.41) is 5.73. The van der Waals surface area contributed by atoms with Gasteiger partial charge in [-0.2, -0.15) is 0 Å². The molecule has 0 N–H and O–H groups in total. The fourth-order valence-corrected chi connectivity index (χ4v) is 1.76. The van der Waals surface area contributed by atoms with Crippen LogP contribution in [0, 0.1) is 6.92 Å². The first kappa shape index (κ1) is 6.61. The van der Waals surface area contributed by atoms with Crippen LogP contribution in [0.15, 0.2) is 28.2 Å². The van der Waals surface area contributed by atoms with Gasteiger partial charge in [-0.15, -0.1) is 11.3 Å². The molecule has 0 bridgehead atoms. The van der Waals surface area contributed by atoms with Crippen molar-refractivity contribution in [2.75, 3.05) is 0 Å². The fourth-order valence-electron chi connectivity index (χ4n) is 0.903. The number of aryl methyl sites for hydroxylation is 1. The van der Waals surface area contributed by atoms with Crippen molar-refractivity contribution in [3.05, 3.63) is 29.3 Å². The molecule has 0 aliphatic heterocycles. The second-order valence-corrected chi connectivity index (χ2v) is 3.28. The zero-order valence-corrected chi connectivity index (χ0v) is 6.89. The predicted octanol–water partition coefficient (Wildman–Crippen LogP) is 2.71. The summed E-state index contributed by atoms with van der Waals surface area (Å²) >= 11 is 1.67. The van der Waals surface area contributed by atoms with Crippen molar-refractivity contribution in [2.45, 2.75) is 6.92 Å². The molecule has 0 spiro atoms. The molecule has 0 fully saturated rings. The molecular weight excluding hydrogens is 158 g/mol. The lowest BCUT2D eigenvalue weighted by molar-refractivity contribution is 0.433. The van der Waals surface area contributed by atoms with Crippen molar-refractivity contribution >= 4 is 11.3 Å². The highest BCUT2D eigenvalue weighted by Gasteiger charge is 2.02. The lowest BCUT2D eigenvalue weighted by Crippen LogP contribution is -1.62. The summed E-state index contributed by atoms with van der Waals surface area (Å²) in [7, 11) is 0. The molecule has 0 aromatic carbocycles. The fraction of sp³-hybridized carbons (Fsp3) is 0.125.